The maximum Gasteiger partial charge on any atom is 0.317 e. The topological polar surface area (TPSA) is 57.7 Å². The van der Waals surface area contributed by atoms with Crippen LogP contribution in [0.3, 0.4) is 0 Å². The van der Waals surface area contributed by atoms with E-state index in [1.165, 1.54) is 12.8 Å². The normalized spacial score (nSPS) is 21.7. The Morgan fingerprint density at radius 3 is 2.77 bits per heavy atom. The van der Waals surface area contributed by atoms with Gasteiger partial charge in [0, 0.05) is 45.2 Å². The zero-order valence-electron chi connectivity index (χ0n) is 15.9. The maximum atomic E-state index is 12.8. The van der Waals surface area contributed by atoms with Gasteiger partial charge in [0.2, 0.25) is 0 Å². The highest BCUT2D eigenvalue weighted by atomic mass is 16.5. The molecular weight excluding hydrogens is 328 g/mol. The van der Waals surface area contributed by atoms with Crippen LogP contribution >= 0.6 is 0 Å². The molecule has 0 radical (unpaired) electrons. The number of nitrogens with one attached hydrogen (secondary N) is 1. The molecule has 3 rings (SSSR count). The summed E-state index contributed by atoms with van der Waals surface area (Å²) in [5.41, 5.74) is 1.10. The van der Waals surface area contributed by atoms with Gasteiger partial charge in [-0.1, -0.05) is 6.92 Å². The minimum absolute atomic E-state index is 0.00249. The van der Waals surface area contributed by atoms with E-state index in [-0.39, 0.29) is 12.1 Å². The molecule has 2 aliphatic rings. The number of carbonyl (C=O) groups excluding carboxylic acids is 1. The number of likely N-dealkylation sites (tertiary alicyclic amines) is 1. The fourth-order valence-electron chi connectivity index (χ4n) is 3.68. The van der Waals surface area contributed by atoms with E-state index in [0.717, 1.165) is 50.6 Å². The summed E-state index contributed by atoms with van der Waals surface area (Å²) >= 11 is 0. The smallest absolute Gasteiger partial charge is 0.317 e. The summed E-state index contributed by atoms with van der Waals surface area (Å²) in [6, 6.07) is 3.93. The summed E-state index contributed by atoms with van der Waals surface area (Å²) in [4.78, 5) is 21.1. The second-order valence-corrected chi connectivity index (χ2v) is 7.63. The number of urea groups is 1. The fourth-order valence-corrected chi connectivity index (χ4v) is 3.68. The van der Waals surface area contributed by atoms with Crippen molar-refractivity contribution >= 4 is 6.03 Å². The van der Waals surface area contributed by atoms with E-state index in [9.17, 15) is 4.79 Å². The lowest BCUT2D eigenvalue weighted by Gasteiger charge is -2.31. The number of carbonyl (C=O) groups is 1. The van der Waals surface area contributed by atoms with Gasteiger partial charge >= 0.3 is 6.03 Å². The average molecular weight is 361 g/mol. The quantitative estimate of drug-likeness (QED) is 0.812. The molecule has 6 heteroatoms. The highest BCUT2D eigenvalue weighted by molar-refractivity contribution is 5.74. The van der Waals surface area contributed by atoms with Crippen molar-refractivity contribution in [3.8, 4) is 0 Å². The third-order valence-corrected chi connectivity index (χ3v) is 5.44. The molecule has 1 N–H and O–H groups in total. The van der Waals surface area contributed by atoms with Crippen molar-refractivity contribution in [2.24, 2.45) is 5.92 Å². The van der Waals surface area contributed by atoms with Gasteiger partial charge < -0.3 is 19.9 Å². The molecule has 2 fully saturated rings. The number of aromatic nitrogens is 1. The fraction of sp³-hybridized carbons (Fsp3) is 0.700. The first kappa shape index (κ1) is 19.1. The Bertz CT molecular complexity index is 540. The molecule has 0 aromatic carbocycles. The van der Waals surface area contributed by atoms with E-state index in [4.69, 9.17) is 4.74 Å². The van der Waals surface area contributed by atoms with Crippen LogP contribution in [0.1, 0.15) is 38.2 Å². The van der Waals surface area contributed by atoms with Crippen LogP contribution in [-0.2, 0) is 11.3 Å². The summed E-state index contributed by atoms with van der Waals surface area (Å²) in [6.45, 7) is 8.29. The van der Waals surface area contributed by atoms with Crippen molar-refractivity contribution in [2.75, 3.05) is 39.3 Å². The lowest BCUT2D eigenvalue weighted by atomic mass is 9.99. The van der Waals surface area contributed by atoms with Crippen LogP contribution < -0.4 is 5.32 Å². The van der Waals surface area contributed by atoms with Crippen LogP contribution in [-0.4, -0.2) is 66.2 Å². The standard InChI is InChI=1S/C20H32N4O2/c1-17-6-11-23(12-7-17)13-10-22-20(25)24(16-19-3-2-14-26-19)15-18-4-8-21-9-5-18/h4-5,8-9,17,19H,2-3,6-7,10-16H2,1H3,(H,22,25)/t19-/m1/s1. The maximum absolute atomic E-state index is 12.8. The van der Waals surface area contributed by atoms with Crippen LogP contribution in [0.2, 0.25) is 0 Å². The third-order valence-electron chi connectivity index (χ3n) is 5.44. The number of hydrogen-bond acceptors (Lipinski definition) is 4. The van der Waals surface area contributed by atoms with Crippen LogP contribution in [0.5, 0.6) is 0 Å². The van der Waals surface area contributed by atoms with Gasteiger partial charge in [0.05, 0.1) is 6.10 Å². The molecule has 3 heterocycles. The van der Waals surface area contributed by atoms with Crippen molar-refractivity contribution in [3.05, 3.63) is 30.1 Å². The number of hydrogen-bond donors (Lipinski definition) is 1. The highest BCUT2D eigenvalue weighted by Crippen LogP contribution is 2.16. The first-order valence-electron chi connectivity index (χ1n) is 9.96. The number of nitrogens with zero attached hydrogens (tertiary/aromatic N) is 3. The van der Waals surface area contributed by atoms with Crippen molar-refractivity contribution in [3.63, 3.8) is 0 Å². The molecule has 1 aromatic heterocycles. The summed E-state index contributed by atoms with van der Waals surface area (Å²) in [7, 11) is 0. The Morgan fingerprint density at radius 2 is 2.08 bits per heavy atom. The first-order chi connectivity index (χ1) is 12.7. The molecule has 1 aromatic rings. The van der Waals surface area contributed by atoms with Crippen molar-refractivity contribution < 1.29 is 9.53 Å². The largest absolute Gasteiger partial charge is 0.376 e. The second-order valence-electron chi connectivity index (χ2n) is 7.63. The van der Waals surface area contributed by atoms with Crippen molar-refractivity contribution in [2.45, 2.75) is 45.3 Å². The molecule has 2 amide bonds. The molecule has 2 aliphatic heterocycles. The van der Waals surface area contributed by atoms with E-state index >= 15 is 0 Å². The molecule has 2 saturated heterocycles. The van der Waals surface area contributed by atoms with Gasteiger partial charge in [0.1, 0.15) is 0 Å². The molecule has 0 unspecified atom stereocenters. The molecule has 26 heavy (non-hydrogen) atoms. The lowest BCUT2D eigenvalue weighted by Crippen LogP contribution is -2.46. The molecule has 0 bridgehead atoms. The molecule has 0 spiro atoms. The molecule has 1 atom stereocenters. The Morgan fingerprint density at radius 1 is 1.31 bits per heavy atom. The van der Waals surface area contributed by atoms with E-state index in [1.807, 2.05) is 17.0 Å². The van der Waals surface area contributed by atoms with Gasteiger partial charge in [-0.3, -0.25) is 4.98 Å². The molecular formula is C20H32N4O2. The number of ether oxygens (including phenoxy) is 1. The molecule has 144 valence electrons. The Labute approximate surface area is 156 Å². The van der Waals surface area contributed by atoms with Crippen LogP contribution in [0.4, 0.5) is 4.79 Å². The minimum Gasteiger partial charge on any atom is -0.376 e. The Hall–Kier alpha value is -1.66. The van der Waals surface area contributed by atoms with Crippen LogP contribution in [0, 0.1) is 5.92 Å². The van der Waals surface area contributed by atoms with Gasteiger partial charge in [0.15, 0.2) is 0 Å². The Balaban J connectivity index is 1.48. The highest BCUT2D eigenvalue weighted by Gasteiger charge is 2.23. The number of pyridine rings is 1. The molecule has 0 aliphatic carbocycles. The number of piperidine rings is 1. The molecule has 0 saturated carbocycles. The zero-order valence-corrected chi connectivity index (χ0v) is 15.9. The van der Waals surface area contributed by atoms with Gasteiger partial charge in [-0.15, -0.1) is 0 Å². The summed E-state index contributed by atoms with van der Waals surface area (Å²) in [5, 5.41) is 3.11. The van der Waals surface area contributed by atoms with Crippen molar-refractivity contribution in [1.82, 2.24) is 20.1 Å². The van der Waals surface area contributed by atoms with Crippen LogP contribution in [0.25, 0.3) is 0 Å². The number of rotatable bonds is 7. The summed E-state index contributed by atoms with van der Waals surface area (Å²) in [6.07, 6.45) is 8.35. The van der Waals surface area contributed by atoms with E-state index in [0.29, 0.717) is 19.6 Å². The Kier molecular flexibility index (Phi) is 7.26. The van der Waals surface area contributed by atoms with Gasteiger partial charge in [-0.05, 0) is 62.4 Å². The van der Waals surface area contributed by atoms with E-state index < -0.39 is 0 Å². The average Bonchev–Trinajstić information content (AvgIpc) is 3.17. The van der Waals surface area contributed by atoms with Gasteiger partial charge in [-0.25, -0.2) is 4.79 Å². The molecule has 6 nitrogen and oxygen atoms in total. The minimum atomic E-state index is 0.00249. The predicted octanol–water partition coefficient (Wildman–Crippen LogP) is 2.50. The number of amides is 2. The third kappa shape index (κ3) is 5.95. The van der Waals surface area contributed by atoms with E-state index in [1.54, 1.807) is 12.4 Å². The predicted molar refractivity (Wildman–Crippen MR) is 102 cm³/mol. The first-order valence-corrected chi connectivity index (χ1v) is 9.96. The van der Waals surface area contributed by atoms with Gasteiger partial charge in [-0.2, -0.15) is 0 Å². The second kappa shape index (κ2) is 9.88. The monoisotopic (exact) mass is 360 g/mol. The van der Waals surface area contributed by atoms with Crippen LogP contribution in [0.15, 0.2) is 24.5 Å². The summed E-state index contributed by atoms with van der Waals surface area (Å²) in [5.74, 6) is 0.836. The zero-order chi connectivity index (χ0) is 18.2. The summed E-state index contributed by atoms with van der Waals surface area (Å²) < 4.78 is 5.74. The lowest BCUT2D eigenvalue weighted by molar-refractivity contribution is 0.0792. The SMILES string of the molecule is CC1CCN(CCNC(=O)N(Cc2ccncc2)C[C@H]2CCCO2)CC1. The van der Waals surface area contributed by atoms with Crippen molar-refractivity contribution in [1.29, 1.82) is 0 Å². The van der Waals surface area contributed by atoms with Gasteiger partial charge in [0.25, 0.3) is 0 Å². The van der Waals surface area contributed by atoms with E-state index in [2.05, 4.69) is 22.1 Å².